The second kappa shape index (κ2) is 9.95. The topological polar surface area (TPSA) is 32.3 Å². The number of amides is 1. The van der Waals surface area contributed by atoms with Crippen molar-refractivity contribution in [3.63, 3.8) is 0 Å². The van der Waals surface area contributed by atoms with E-state index in [2.05, 4.69) is 41.5 Å². The summed E-state index contributed by atoms with van der Waals surface area (Å²) in [5, 5.41) is 2.99. The maximum Gasteiger partial charge on any atom is 0.230 e. The van der Waals surface area contributed by atoms with Gasteiger partial charge in [-0.1, -0.05) is 48.5 Å². The van der Waals surface area contributed by atoms with E-state index >= 15 is 0 Å². The second-order valence-electron chi connectivity index (χ2n) is 5.44. The third-order valence-corrected chi connectivity index (χ3v) is 4.54. The Bertz CT molecular complexity index is 574. The minimum absolute atomic E-state index is 0.119. The van der Waals surface area contributed by atoms with Gasteiger partial charge in [-0.3, -0.25) is 4.79 Å². The summed E-state index contributed by atoms with van der Waals surface area (Å²) in [5.74, 6) is 1.52. The predicted molar refractivity (Wildman–Crippen MR) is 99.9 cm³/mol. The first-order chi connectivity index (χ1) is 11.3. The van der Waals surface area contributed by atoms with Crippen LogP contribution < -0.4 is 10.2 Å². The van der Waals surface area contributed by atoms with Crippen LogP contribution in [0.3, 0.4) is 0 Å². The van der Waals surface area contributed by atoms with Crippen LogP contribution in [0.4, 0.5) is 5.69 Å². The lowest BCUT2D eigenvalue weighted by atomic mass is 10.2. The van der Waals surface area contributed by atoms with E-state index in [0.717, 1.165) is 25.3 Å². The lowest BCUT2D eigenvalue weighted by Gasteiger charge is -2.19. The molecular weight excluding hydrogens is 304 g/mol. The summed E-state index contributed by atoms with van der Waals surface area (Å²) in [6.07, 6.45) is 0.945. The molecule has 0 aliphatic heterocycles. The molecule has 0 saturated heterocycles. The molecule has 0 unspecified atom stereocenters. The first-order valence-corrected chi connectivity index (χ1v) is 9.06. The standard InChI is InChI=1S/C19H24N2OS/c1-21(18-11-6-3-7-12-18)14-8-13-20-19(22)16-23-15-17-9-4-2-5-10-17/h2-7,9-12H,8,13-16H2,1H3,(H,20,22). The number of para-hydroxylation sites is 1. The Morgan fingerprint density at radius 1 is 1.04 bits per heavy atom. The van der Waals surface area contributed by atoms with Crippen molar-refractivity contribution in [3.05, 3.63) is 66.2 Å². The van der Waals surface area contributed by atoms with Crippen LogP contribution >= 0.6 is 11.8 Å². The van der Waals surface area contributed by atoms with E-state index in [1.165, 1.54) is 11.3 Å². The third-order valence-electron chi connectivity index (χ3n) is 3.53. The van der Waals surface area contributed by atoms with Crippen molar-refractivity contribution in [2.24, 2.45) is 0 Å². The molecule has 4 heteroatoms. The zero-order valence-corrected chi connectivity index (χ0v) is 14.4. The van der Waals surface area contributed by atoms with E-state index in [9.17, 15) is 4.79 Å². The number of carbonyl (C=O) groups excluding carboxylic acids is 1. The summed E-state index contributed by atoms with van der Waals surface area (Å²) < 4.78 is 0. The number of rotatable bonds is 9. The van der Waals surface area contributed by atoms with Crippen LogP contribution in [0.5, 0.6) is 0 Å². The lowest BCUT2D eigenvalue weighted by molar-refractivity contribution is -0.118. The van der Waals surface area contributed by atoms with Crippen molar-refractivity contribution in [2.45, 2.75) is 12.2 Å². The van der Waals surface area contributed by atoms with Crippen molar-refractivity contribution < 1.29 is 4.79 Å². The maximum atomic E-state index is 11.8. The van der Waals surface area contributed by atoms with Gasteiger partial charge in [-0.15, -0.1) is 11.8 Å². The molecular formula is C19H24N2OS. The van der Waals surface area contributed by atoms with Gasteiger partial charge in [-0.2, -0.15) is 0 Å². The minimum Gasteiger partial charge on any atom is -0.375 e. The number of thioether (sulfide) groups is 1. The molecule has 3 nitrogen and oxygen atoms in total. The van der Waals surface area contributed by atoms with Crippen LogP contribution in [0.2, 0.25) is 0 Å². The fourth-order valence-corrected chi connectivity index (χ4v) is 3.06. The monoisotopic (exact) mass is 328 g/mol. The number of carbonyl (C=O) groups is 1. The molecule has 2 rings (SSSR count). The average molecular weight is 328 g/mol. The molecule has 0 spiro atoms. The largest absolute Gasteiger partial charge is 0.375 e. The number of nitrogens with one attached hydrogen (secondary N) is 1. The van der Waals surface area contributed by atoms with Gasteiger partial charge in [0.1, 0.15) is 0 Å². The van der Waals surface area contributed by atoms with Crippen LogP contribution in [0.25, 0.3) is 0 Å². The number of hydrogen-bond donors (Lipinski definition) is 1. The van der Waals surface area contributed by atoms with Crippen LogP contribution in [-0.2, 0) is 10.5 Å². The summed E-state index contributed by atoms with van der Waals surface area (Å²) in [7, 11) is 2.08. The summed E-state index contributed by atoms with van der Waals surface area (Å²) in [6.45, 7) is 1.66. The molecule has 2 aromatic carbocycles. The van der Waals surface area contributed by atoms with Crippen LogP contribution in [0.1, 0.15) is 12.0 Å². The molecule has 0 heterocycles. The van der Waals surface area contributed by atoms with Crippen molar-refractivity contribution >= 4 is 23.4 Å². The average Bonchev–Trinajstić information content (AvgIpc) is 2.60. The van der Waals surface area contributed by atoms with Crippen molar-refractivity contribution in [2.75, 3.05) is 30.8 Å². The Hall–Kier alpha value is -1.94. The van der Waals surface area contributed by atoms with E-state index in [-0.39, 0.29) is 5.91 Å². The molecule has 2 aromatic rings. The van der Waals surface area contributed by atoms with Crippen molar-refractivity contribution in [3.8, 4) is 0 Å². The molecule has 0 saturated carbocycles. The molecule has 0 fully saturated rings. The third kappa shape index (κ3) is 6.78. The van der Waals surface area contributed by atoms with Gasteiger partial charge < -0.3 is 10.2 Å². The molecule has 23 heavy (non-hydrogen) atoms. The van der Waals surface area contributed by atoms with E-state index < -0.39 is 0 Å². The molecule has 0 atom stereocenters. The predicted octanol–water partition coefficient (Wildman–Crippen LogP) is 3.56. The van der Waals surface area contributed by atoms with Gasteiger partial charge in [0, 0.05) is 31.6 Å². The van der Waals surface area contributed by atoms with Crippen molar-refractivity contribution in [1.82, 2.24) is 5.32 Å². The number of anilines is 1. The van der Waals surface area contributed by atoms with Crippen LogP contribution in [-0.4, -0.2) is 31.8 Å². The van der Waals surface area contributed by atoms with Crippen molar-refractivity contribution in [1.29, 1.82) is 0 Å². The van der Waals surface area contributed by atoms with Gasteiger partial charge in [0.25, 0.3) is 0 Å². The summed E-state index contributed by atoms with van der Waals surface area (Å²) in [6, 6.07) is 20.5. The fraction of sp³-hybridized carbons (Fsp3) is 0.316. The molecule has 0 aromatic heterocycles. The van der Waals surface area contributed by atoms with Gasteiger partial charge in [-0.05, 0) is 24.1 Å². The van der Waals surface area contributed by atoms with E-state index in [1.807, 2.05) is 36.4 Å². The van der Waals surface area contributed by atoms with Crippen LogP contribution in [0, 0.1) is 0 Å². The SMILES string of the molecule is CN(CCCNC(=O)CSCc1ccccc1)c1ccccc1. The van der Waals surface area contributed by atoms with Crippen LogP contribution in [0.15, 0.2) is 60.7 Å². The normalized spacial score (nSPS) is 10.3. The van der Waals surface area contributed by atoms with E-state index in [4.69, 9.17) is 0 Å². The molecule has 0 bridgehead atoms. The number of nitrogens with zero attached hydrogens (tertiary/aromatic N) is 1. The number of benzene rings is 2. The Morgan fingerprint density at radius 2 is 1.70 bits per heavy atom. The Morgan fingerprint density at radius 3 is 2.39 bits per heavy atom. The summed E-state index contributed by atoms with van der Waals surface area (Å²) >= 11 is 1.65. The first-order valence-electron chi connectivity index (χ1n) is 7.90. The zero-order chi connectivity index (χ0) is 16.3. The minimum atomic E-state index is 0.119. The number of hydrogen-bond acceptors (Lipinski definition) is 3. The van der Waals surface area contributed by atoms with E-state index in [0.29, 0.717) is 5.75 Å². The van der Waals surface area contributed by atoms with Gasteiger partial charge in [0.2, 0.25) is 5.91 Å². The van der Waals surface area contributed by atoms with Gasteiger partial charge in [-0.25, -0.2) is 0 Å². The molecule has 122 valence electrons. The molecule has 1 N–H and O–H groups in total. The van der Waals surface area contributed by atoms with Gasteiger partial charge in [0.15, 0.2) is 0 Å². The molecule has 1 amide bonds. The van der Waals surface area contributed by atoms with Gasteiger partial charge in [0.05, 0.1) is 5.75 Å². The highest BCUT2D eigenvalue weighted by Crippen LogP contribution is 2.12. The second-order valence-corrected chi connectivity index (χ2v) is 6.42. The summed E-state index contributed by atoms with van der Waals surface area (Å²) in [4.78, 5) is 14.0. The highest BCUT2D eigenvalue weighted by Gasteiger charge is 2.03. The fourth-order valence-electron chi connectivity index (χ4n) is 2.24. The Kier molecular flexibility index (Phi) is 7.54. The lowest BCUT2D eigenvalue weighted by Crippen LogP contribution is -2.29. The Labute approximate surface area is 143 Å². The molecule has 0 radical (unpaired) electrons. The molecule has 0 aliphatic carbocycles. The van der Waals surface area contributed by atoms with E-state index in [1.54, 1.807) is 11.8 Å². The smallest absolute Gasteiger partial charge is 0.230 e. The highest BCUT2D eigenvalue weighted by molar-refractivity contribution is 7.99. The summed E-state index contributed by atoms with van der Waals surface area (Å²) in [5.41, 5.74) is 2.46. The quantitative estimate of drug-likeness (QED) is 0.714. The van der Waals surface area contributed by atoms with Gasteiger partial charge >= 0.3 is 0 Å². The maximum absolute atomic E-state index is 11.8. The highest BCUT2D eigenvalue weighted by atomic mass is 32.2. The zero-order valence-electron chi connectivity index (χ0n) is 13.6. The molecule has 0 aliphatic rings. The first kappa shape index (κ1) is 17.4. The Balaban J connectivity index is 1.55.